The van der Waals surface area contributed by atoms with Gasteiger partial charge in [-0.2, -0.15) is 0 Å². The van der Waals surface area contributed by atoms with E-state index >= 15 is 0 Å². The van der Waals surface area contributed by atoms with E-state index in [4.69, 9.17) is 9.57 Å². The van der Waals surface area contributed by atoms with Gasteiger partial charge in [0, 0.05) is 6.42 Å². The molecule has 0 bridgehead atoms. The first-order chi connectivity index (χ1) is 9.06. The highest BCUT2D eigenvalue weighted by atomic mass is 16.7. The van der Waals surface area contributed by atoms with Crippen LogP contribution in [0.25, 0.3) is 0 Å². The van der Waals surface area contributed by atoms with E-state index in [1.807, 2.05) is 0 Å². The summed E-state index contributed by atoms with van der Waals surface area (Å²) >= 11 is 0. The fraction of sp³-hybridized carbons (Fsp3) is 0.857. The Labute approximate surface area is 121 Å². The monoisotopic (exact) mass is 288 g/mol. The summed E-state index contributed by atoms with van der Waals surface area (Å²) in [6.07, 6.45) is 2.71. The van der Waals surface area contributed by atoms with Crippen molar-refractivity contribution in [2.75, 3.05) is 0 Å². The first-order valence-corrected chi connectivity index (χ1v) is 7.04. The first kappa shape index (κ1) is 18.7. The van der Waals surface area contributed by atoms with Crippen molar-refractivity contribution in [3.8, 4) is 0 Å². The predicted molar refractivity (Wildman–Crippen MR) is 76.8 cm³/mol. The highest BCUT2D eigenvalue weighted by Crippen LogP contribution is 2.09. The summed E-state index contributed by atoms with van der Waals surface area (Å²) in [6, 6.07) is 0. The molecule has 0 aromatic carbocycles. The molecule has 0 heterocycles. The molecule has 0 aliphatic carbocycles. The lowest BCUT2D eigenvalue weighted by Crippen LogP contribution is -2.51. The molecule has 0 fully saturated rings. The smallest absolute Gasteiger partial charge is 0.409 e. The highest BCUT2D eigenvalue weighted by Gasteiger charge is 2.26. The van der Waals surface area contributed by atoms with Gasteiger partial charge in [0.1, 0.15) is 5.60 Å². The topological polar surface area (TPSA) is 76.7 Å². The SMILES string of the molecule is CCCCCC(=O)NOC(C)(C)NC(=O)OC(C)(C)C. The molecule has 0 aliphatic heterocycles. The van der Waals surface area contributed by atoms with E-state index in [0.29, 0.717) is 6.42 Å². The van der Waals surface area contributed by atoms with Gasteiger partial charge >= 0.3 is 6.09 Å². The predicted octanol–water partition coefficient (Wildman–Crippen LogP) is 2.88. The largest absolute Gasteiger partial charge is 0.444 e. The van der Waals surface area contributed by atoms with E-state index in [0.717, 1.165) is 19.3 Å². The third-order valence-electron chi connectivity index (χ3n) is 2.23. The average molecular weight is 288 g/mol. The lowest BCUT2D eigenvalue weighted by molar-refractivity contribution is -0.152. The van der Waals surface area contributed by atoms with Crippen LogP contribution in [-0.2, 0) is 14.4 Å². The Hall–Kier alpha value is -1.30. The molecule has 2 amide bonds. The number of unbranched alkanes of at least 4 members (excludes halogenated alkanes) is 2. The summed E-state index contributed by atoms with van der Waals surface area (Å²) in [5, 5.41) is 2.54. The molecule has 6 heteroatoms. The minimum absolute atomic E-state index is 0.197. The van der Waals surface area contributed by atoms with E-state index < -0.39 is 17.4 Å². The van der Waals surface area contributed by atoms with Crippen LogP contribution in [0, 0.1) is 0 Å². The highest BCUT2D eigenvalue weighted by molar-refractivity contribution is 5.74. The zero-order valence-electron chi connectivity index (χ0n) is 13.5. The van der Waals surface area contributed by atoms with Crippen molar-refractivity contribution < 1.29 is 19.2 Å². The van der Waals surface area contributed by atoms with Gasteiger partial charge in [0.2, 0.25) is 5.91 Å². The number of ether oxygens (including phenoxy) is 1. The fourth-order valence-corrected chi connectivity index (χ4v) is 1.35. The number of nitrogens with one attached hydrogen (secondary N) is 2. The number of carbonyl (C=O) groups is 2. The molecule has 0 rings (SSSR count). The quantitative estimate of drug-likeness (QED) is 0.429. The second kappa shape index (κ2) is 8.09. The van der Waals surface area contributed by atoms with Crippen LogP contribution in [0.5, 0.6) is 0 Å². The van der Waals surface area contributed by atoms with E-state index in [-0.39, 0.29) is 5.91 Å². The van der Waals surface area contributed by atoms with Crippen molar-refractivity contribution in [2.45, 2.75) is 78.6 Å². The molecule has 118 valence electrons. The lowest BCUT2D eigenvalue weighted by atomic mass is 10.2. The molecule has 0 aromatic heterocycles. The van der Waals surface area contributed by atoms with Crippen LogP contribution in [0.3, 0.4) is 0 Å². The van der Waals surface area contributed by atoms with Gasteiger partial charge in [0.15, 0.2) is 5.72 Å². The summed E-state index contributed by atoms with van der Waals surface area (Å²) in [6.45, 7) is 10.6. The Balaban J connectivity index is 4.06. The maximum Gasteiger partial charge on any atom is 0.409 e. The molecule has 0 saturated carbocycles. The molecule has 2 N–H and O–H groups in total. The molecule has 20 heavy (non-hydrogen) atoms. The second-order valence-electron chi connectivity index (χ2n) is 6.22. The Bertz CT molecular complexity index is 322. The van der Waals surface area contributed by atoms with Gasteiger partial charge < -0.3 is 4.74 Å². The number of rotatable bonds is 7. The Morgan fingerprint density at radius 2 is 1.65 bits per heavy atom. The number of amides is 2. The van der Waals surface area contributed by atoms with E-state index in [9.17, 15) is 9.59 Å². The molecular weight excluding hydrogens is 260 g/mol. The number of carbonyl (C=O) groups excluding carboxylic acids is 2. The van der Waals surface area contributed by atoms with Gasteiger partial charge in [-0.3, -0.25) is 10.1 Å². The molecule has 0 saturated heterocycles. The van der Waals surface area contributed by atoms with Crippen LogP contribution >= 0.6 is 0 Å². The van der Waals surface area contributed by atoms with Crippen molar-refractivity contribution >= 4 is 12.0 Å². The fourth-order valence-electron chi connectivity index (χ4n) is 1.35. The van der Waals surface area contributed by atoms with Gasteiger partial charge in [-0.05, 0) is 41.0 Å². The van der Waals surface area contributed by atoms with Crippen LogP contribution < -0.4 is 10.8 Å². The zero-order valence-corrected chi connectivity index (χ0v) is 13.5. The van der Waals surface area contributed by atoms with Crippen LogP contribution in [0.1, 0.15) is 67.2 Å². The van der Waals surface area contributed by atoms with Gasteiger partial charge in [-0.1, -0.05) is 19.8 Å². The first-order valence-electron chi connectivity index (χ1n) is 7.04. The van der Waals surface area contributed by atoms with E-state index in [2.05, 4.69) is 17.7 Å². The summed E-state index contributed by atoms with van der Waals surface area (Å²) in [5.41, 5.74) is 0.722. The van der Waals surface area contributed by atoms with Crippen molar-refractivity contribution in [1.82, 2.24) is 10.8 Å². The standard InChI is InChI=1S/C14H28N2O4/c1-7-8-9-10-11(17)16-20-14(5,6)15-12(18)19-13(2,3)4/h7-10H2,1-6H3,(H,15,18)(H,16,17). The summed E-state index contributed by atoms with van der Waals surface area (Å²) in [4.78, 5) is 28.3. The van der Waals surface area contributed by atoms with Crippen molar-refractivity contribution in [3.05, 3.63) is 0 Å². The summed E-state index contributed by atoms with van der Waals surface area (Å²) < 4.78 is 5.12. The Morgan fingerprint density at radius 3 is 2.15 bits per heavy atom. The lowest BCUT2D eigenvalue weighted by Gasteiger charge is -2.28. The van der Waals surface area contributed by atoms with E-state index in [1.165, 1.54) is 0 Å². The number of alkyl carbamates (subject to hydrolysis) is 1. The summed E-state index contributed by atoms with van der Waals surface area (Å²) in [7, 11) is 0. The molecule has 0 atom stereocenters. The van der Waals surface area contributed by atoms with Crippen LogP contribution in [-0.4, -0.2) is 23.3 Å². The maximum atomic E-state index is 11.6. The van der Waals surface area contributed by atoms with E-state index in [1.54, 1.807) is 34.6 Å². The molecule has 0 unspecified atom stereocenters. The molecule has 0 aliphatic rings. The minimum atomic E-state index is -1.04. The third kappa shape index (κ3) is 10.6. The van der Waals surface area contributed by atoms with Gasteiger partial charge in [-0.15, -0.1) is 0 Å². The number of hydroxylamine groups is 1. The normalized spacial score (nSPS) is 11.9. The second-order valence-corrected chi connectivity index (χ2v) is 6.22. The van der Waals surface area contributed by atoms with Crippen LogP contribution in [0.4, 0.5) is 4.79 Å². The van der Waals surface area contributed by atoms with Gasteiger partial charge in [0.25, 0.3) is 0 Å². The third-order valence-corrected chi connectivity index (χ3v) is 2.23. The Kier molecular flexibility index (Phi) is 7.57. The van der Waals surface area contributed by atoms with Gasteiger partial charge in [0.05, 0.1) is 0 Å². The molecular formula is C14H28N2O4. The average Bonchev–Trinajstić information content (AvgIpc) is 2.23. The van der Waals surface area contributed by atoms with Crippen molar-refractivity contribution in [3.63, 3.8) is 0 Å². The molecule has 0 aromatic rings. The minimum Gasteiger partial charge on any atom is -0.444 e. The Morgan fingerprint density at radius 1 is 1.05 bits per heavy atom. The molecule has 6 nitrogen and oxygen atoms in total. The molecule has 0 radical (unpaired) electrons. The number of hydrogen-bond donors (Lipinski definition) is 2. The van der Waals surface area contributed by atoms with Crippen molar-refractivity contribution in [1.29, 1.82) is 0 Å². The molecule has 0 spiro atoms. The van der Waals surface area contributed by atoms with Crippen molar-refractivity contribution in [2.24, 2.45) is 0 Å². The van der Waals surface area contributed by atoms with Crippen LogP contribution in [0.15, 0.2) is 0 Å². The summed E-state index contributed by atoms with van der Waals surface area (Å²) in [5.74, 6) is -0.197. The number of hydrogen-bond acceptors (Lipinski definition) is 4. The van der Waals surface area contributed by atoms with Crippen LogP contribution in [0.2, 0.25) is 0 Å². The zero-order chi connectivity index (χ0) is 15.8. The maximum absolute atomic E-state index is 11.6. The van der Waals surface area contributed by atoms with Gasteiger partial charge in [-0.25, -0.2) is 15.1 Å².